The molecule has 0 radical (unpaired) electrons. The summed E-state index contributed by atoms with van der Waals surface area (Å²) in [6.45, 7) is 4.01. The summed E-state index contributed by atoms with van der Waals surface area (Å²) in [5.41, 5.74) is 3.75. The summed E-state index contributed by atoms with van der Waals surface area (Å²) in [7, 11) is 0. The fraction of sp³-hybridized carbons (Fsp3) is 0.474. The number of aromatic nitrogens is 2. The zero-order valence-electron chi connectivity index (χ0n) is 14.0. The number of hydrogen-bond acceptors (Lipinski definition) is 2. The van der Waals surface area contributed by atoms with E-state index in [1.54, 1.807) is 6.20 Å². The molecule has 3 rings (SSSR count). The van der Waals surface area contributed by atoms with Crippen LogP contribution in [0, 0.1) is 13.8 Å². The molecule has 1 amide bonds. The SMILES string of the molecule is Cc1cccc(-n2ncc(C(=O)NC3CCCCCC3)c2C)c1. The van der Waals surface area contributed by atoms with Crippen molar-refractivity contribution in [3.63, 3.8) is 0 Å². The van der Waals surface area contributed by atoms with Gasteiger partial charge in [-0.1, -0.05) is 37.8 Å². The smallest absolute Gasteiger partial charge is 0.254 e. The Morgan fingerprint density at radius 3 is 2.61 bits per heavy atom. The fourth-order valence-corrected chi connectivity index (χ4v) is 3.34. The van der Waals surface area contributed by atoms with Crippen LogP contribution in [0.2, 0.25) is 0 Å². The Morgan fingerprint density at radius 2 is 1.91 bits per heavy atom. The maximum absolute atomic E-state index is 12.6. The Bertz CT molecular complexity index is 682. The van der Waals surface area contributed by atoms with E-state index in [1.807, 2.05) is 23.7 Å². The van der Waals surface area contributed by atoms with Crippen molar-refractivity contribution in [1.82, 2.24) is 15.1 Å². The van der Waals surface area contributed by atoms with Crippen LogP contribution in [0.3, 0.4) is 0 Å². The summed E-state index contributed by atoms with van der Waals surface area (Å²) in [6, 6.07) is 8.47. The van der Waals surface area contributed by atoms with Crippen molar-refractivity contribution in [3.8, 4) is 5.69 Å². The van der Waals surface area contributed by atoms with Crippen molar-refractivity contribution in [1.29, 1.82) is 0 Å². The van der Waals surface area contributed by atoms with Gasteiger partial charge < -0.3 is 5.32 Å². The lowest BCUT2D eigenvalue weighted by Crippen LogP contribution is -2.34. The summed E-state index contributed by atoms with van der Waals surface area (Å²) < 4.78 is 1.84. The molecule has 122 valence electrons. The van der Waals surface area contributed by atoms with Crippen LogP contribution < -0.4 is 5.32 Å². The molecule has 0 saturated heterocycles. The second-order valence-electron chi connectivity index (χ2n) is 6.56. The molecule has 4 heteroatoms. The summed E-state index contributed by atoms with van der Waals surface area (Å²) in [5.74, 6) is 0.00769. The van der Waals surface area contributed by atoms with Gasteiger partial charge in [0.25, 0.3) is 5.91 Å². The Labute approximate surface area is 137 Å². The third-order valence-electron chi connectivity index (χ3n) is 4.69. The van der Waals surface area contributed by atoms with E-state index >= 15 is 0 Å². The van der Waals surface area contributed by atoms with Gasteiger partial charge in [0.15, 0.2) is 0 Å². The molecule has 1 aromatic heterocycles. The minimum Gasteiger partial charge on any atom is -0.349 e. The van der Waals surface area contributed by atoms with Crippen molar-refractivity contribution in [2.24, 2.45) is 0 Å². The lowest BCUT2D eigenvalue weighted by molar-refractivity contribution is 0.0932. The maximum atomic E-state index is 12.6. The van der Waals surface area contributed by atoms with Crippen LogP contribution in [0.15, 0.2) is 30.5 Å². The third kappa shape index (κ3) is 3.63. The van der Waals surface area contributed by atoms with Gasteiger partial charge in [-0.2, -0.15) is 5.10 Å². The molecule has 0 aliphatic heterocycles. The fourth-order valence-electron chi connectivity index (χ4n) is 3.34. The lowest BCUT2D eigenvalue weighted by atomic mass is 10.1. The van der Waals surface area contributed by atoms with Gasteiger partial charge >= 0.3 is 0 Å². The Hall–Kier alpha value is -2.10. The van der Waals surface area contributed by atoms with Crippen molar-refractivity contribution in [2.75, 3.05) is 0 Å². The maximum Gasteiger partial charge on any atom is 0.254 e. The van der Waals surface area contributed by atoms with Gasteiger partial charge in [0.05, 0.1) is 23.1 Å². The van der Waals surface area contributed by atoms with Gasteiger partial charge in [0.1, 0.15) is 0 Å². The van der Waals surface area contributed by atoms with Crippen LogP contribution >= 0.6 is 0 Å². The summed E-state index contributed by atoms with van der Waals surface area (Å²) in [5, 5.41) is 7.62. The van der Waals surface area contributed by atoms with Crippen LogP contribution in [-0.4, -0.2) is 21.7 Å². The number of aryl methyl sites for hydroxylation is 1. The molecule has 0 atom stereocenters. The monoisotopic (exact) mass is 311 g/mol. The van der Waals surface area contributed by atoms with Crippen molar-refractivity contribution in [2.45, 2.75) is 58.4 Å². The molecule has 1 N–H and O–H groups in total. The first-order valence-corrected chi connectivity index (χ1v) is 8.57. The highest BCUT2D eigenvalue weighted by Crippen LogP contribution is 2.19. The molecule has 0 bridgehead atoms. The molecule has 0 unspecified atom stereocenters. The van der Waals surface area contributed by atoms with Gasteiger partial charge in [-0.25, -0.2) is 4.68 Å². The lowest BCUT2D eigenvalue weighted by Gasteiger charge is -2.16. The number of benzene rings is 1. The average Bonchev–Trinajstić information content (AvgIpc) is 2.74. The number of nitrogens with zero attached hydrogens (tertiary/aromatic N) is 2. The van der Waals surface area contributed by atoms with Crippen LogP contribution in [0.4, 0.5) is 0 Å². The van der Waals surface area contributed by atoms with Gasteiger partial charge in [-0.3, -0.25) is 4.79 Å². The Balaban J connectivity index is 1.77. The standard InChI is InChI=1S/C19H25N3O/c1-14-8-7-11-17(12-14)22-15(2)18(13-20-22)19(23)21-16-9-5-3-4-6-10-16/h7-8,11-13,16H,3-6,9-10H2,1-2H3,(H,21,23). The van der Waals surface area contributed by atoms with E-state index in [2.05, 4.69) is 29.5 Å². The normalized spacial score (nSPS) is 16.1. The minimum absolute atomic E-state index is 0.00769. The highest BCUT2D eigenvalue weighted by molar-refractivity contribution is 5.95. The Morgan fingerprint density at radius 1 is 1.17 bits per heavy atom. The zero-order valence-corrected chi connectivity index (χ0v) is 14.0. The summed E-state index contributed by atoms with van der Waals surface area (Å²) in [4.78, 5) is 12.6. The second-order valence-corrected chi connectivity index (χ2v) is 6.56. The van der Waals surface area contributed by atoms with E-state index in [0.29, 0.717) is 11.6 Å². The first-order chi connectivity index (χ1) is 11.1. The third-order valence-corrected chi connectivity index (χ3v) is 4.69. The van der Waals surface area contributed by atoms with E-state index in [-0.39, 0.29) is 5.91 Å². The Kier molecular flexibility index (Phi) is 4.79. The molecule has 2 aromatic rings. The number of amides is 1. The molecule has 1 heterocycles. The summed E-state index contributed by atoms with van der Waals surface area (Å²) >= 11 is 0. The van der Waals surface area contributed by atoms with E-state index in [1.165, 1.54) is 31.2 Å². The average molecular weight is 311 g/mol. The van der Waals surface area contributed by atoms with Gasteiger partial charge in [-0.15, -0.1) is 0 Å². The highest BCUT2D eigenvalue weighted by Gasteiger charge is 2.19. The molecule has 1 saturated carbocycles. The summed E-state index contributed by atoms with van der Waals surface area (Å²) in [6.07, 6.45) is 8.88. The van der Waals surface area contributed by atoms with E-state index in [0.717, 1.165) is 24.2 Å². The first kappa shape index (κ1) is 15.8. The molecular formula is C19H25N3O. The number of nitrogens with one attached hydrogen (secondary N) is 1. The number of hydrogen-bond donors (Lipinski definition) is 1. The number of carbonyl (C=O) groups excluding carboxylic acids is 1. The van der Waals surface area contributed by atoms with Crippen molar-refractivity contribution < 1.29 is 4.79 Å². The molecule has 23 heavy (non-hydrogen) atoms. The number of rotatable bonds is 3. The van der Waals surface area contributed by atoms with Crippen LogP contribution in [-0.2, 0) is 0 Å². The number of carbonyl (C=O) groups is 1. The molecule has 1 aromatic carbocycles. The molecule has 4 nitrogen and oxygen atoms in total. The predicted molar refractivity (Wildman–Crippen MR) is 92.0 cm³/mol. The minimum atomic E-state index is 0.00769. The quantitative estimate of drug-likeness (QED) is 0.873. The molecule has 0 spiro atoms. The van der Waals surface area contributed by atoms with Crippen LogP contribution in [0.25, 0.3) is 5.69 Å². The van der Waals surface area contributed by atoms with E-state index in [9.17, 15) is 4.79 Å². The highest BCUT2D eigenvalue weighted by atomic mass is 16.1. The van der Waals surface area contributed by atoms with E-state index < -0.39 is 0 Å². The molecule has 1 aliphatic rings. The van der Waals surface area contributed by atoms with Crippen molar-refractivity contribution in [3.05, 3.63) is 47.3 Å². The van der Waals surface area contributed by atoms with Crippen LogP contribution in [0.5, 0.6) is 0 Å². The van der Waals surface area contributed by atoms with Gasteiger partial charge in [0, 0.05) is 6.04 Å². The van der Waals surface area contributed by atoms with E-state index in [4.69, 9.17) is 0 Å². The van der Waals surface area contributed by atoms with Gasteiger partial charge in [0.2, 0.25) is 0 Å². The van der Waals surface area contributed by atoms with Gasteiger partial charge in [-0.05, 0) is 44.4 Å². The topological polar surface area (TPSA) is 46.9 Å². The van der Waals surface area contributed by atoms with Crippen molar-refractivity contribution >= 4 is 5.91 Å². The molecule has 1 fully saturated rings. The largest absolute Gasteiger partial charge is 0.349 e. The van der Waals surface area contributed by atoms with Crippen LogP contribution in [0.1, 0.15) is 60.1 Å². The molecule has 1 aliphatic carbocycles. The second kappa shape index (κ2) is 6.99. The zero-order chi connectivity index (χ0) is 16.2. The molecular weight excluding hydrogens is 286 g/mol. The first-order valence-electron chi connectivity index (χ1n) is 8.57. The predicted octanol–water partition coefficient (Wildman–Crippen LogP) is 3.94.